The zero-order chi connectivity index (χ0) is 13.4. The van der Waals surface area contributed by atoms with Crippen LogP contribution in [0.1, 0.15) is 21.9 Å². The van der Waals surface area contributed by atoms with E-state index < -0.39 is 0 Å². The highest BCUT2D eigenvalue weighted by molar-refractivity contribution is 6.28. The molecule has 3 heterocycles. The van der Waals surface area contributed by atoms with Crippen molar-refractivity contribution < 1.29 is 4.79 Å². The number of amides is 1. The van der Waals surface area contributed by atoms with Crippen LogP contribution in [0.5, 0.6) is 0 Å². The summed E-state index contributed by atoms with van der Waals surface area (Å²) in [7, 11) is 1.86. The molecule has 0 saturated heterocycles. The molecule has 0 spiro atoms. The molecule has 2 aromatic rings. The molecule has 0 aromatic carbocycles. The van der Waals surface area contributed by atoms with Crippen LogP contribution in [0.15, 0.2) is 24.4 Å². The molecule has 0 aliphatic carbocycles. The van der Waals surface area contributed by atoms with Crippen molar-refractivity contribution in [2.45, 2.75) is 13.0 Å². The number of rotatable bonds is 1. The van der Waals surface area contributed by atoms with Crippen molar-refractivity contribution in [3.63, 3.8) is 0 Å². The van der Waals surface area contributed by atoms with Crippen LogP contribution >= 0.6 is 11.6 Å². The summed E-state index contributed by atoms with van der Waals surface area (Å²) in [6, 6.07) is 5.34. The highest BCUT2D eigenvalue weighted by Gasteiger charge is 2.26. The smallest absolute Gasteiger partial charge is 0.272 e. The van der Waals surface area contributed by atoms with Crippen LogP contribution < -0.4 is 0 Å². The van der Waals surface area contributed by atoms with Gasteiger partial charge in [0, 0.05) is 26.2 Å². The maximum atomic E-state index is 12.3. The monoisotopic (exact) mass is 276 g/mol. The molecular weight excluding hydrogens is 264 g/mol. The molecule has 0 N–H and O–H groups in total. The number of carbonyl (C=O) groups is 1. The van der Waals surface area contributed by atoms with Gasteiger partial charge in [0.1, 0.15) is 5.69 Å². The first-order chi connectivity index (χ1) is 9.16. The van der Waals surface area contributed by atoms with Crippen molar-refractivity contribution in [2.75, 3.05) is 6.54 Å². The maximum absolute atomic E-state index is 12.3. The normalized spacial score (nSPS) is 14.3. The molecule has 6 heteroatoms. The Morgan fingerprint density at radius 2 is 2.26 bits per heavy atom. The Bertz CT molecular complexity index is 623. The Labute approximate surface area is 115 Å². The third kappa shape index (κ3) is 2.10. The predicted octanol–water partition coefficient (Wildman–Crippen LogP) is 1.67. The SMILES string of the molecule is Cn1c(Cl)nc2c1CN(C(=O)c1ccccn1)CC2. The summed E-state index contributed by atoms with van der Waals surface area (Å²) in [6.07, 6.45) is 2.36. The van der Waals surface area contributed by atoms with Crippen molar-refractivity contribution >= 4 is 17.5 Å². The van der Waals surface area contributed by atoms with Gasteiger partial charge in [-0.25, -0.2) is 4.98 Å². The molecule has 0 atom stereocenters. The fourth-order valence-corrected chi connectivity index (χ4v) is 2.48. The van der Waals surface area contributed by atoms with Crippen LogP contribution in [-0.4, -0.2) is 31.9 Å². The van der Waals surface area contributed by atoms with Gasteiger partial charge < -0.3 is 9.47 Å². The van der Waals surface area contributed by atoms with Crippen LogP contribution in [-0.2, 0) is 20.0 Å². The van der Waals surface area contributed by atoms with Crippen LogP contribution in [0.25, 0.3) is 0 Å². The lowest BCUT2D eigenvalue weighted by atomic mass is 10.1. The minimum absolute atomic E-state index is 0.0522. The molecule has 98 valence electrons. The topological polar surface area (TPSA) is 51.0 Å². The van der Waals surface area contributed by atoms with Gasteiger partial charge in [-0.3, -0.25) is 9.78 Å². The number of pyridine rings is 1. The highest BCUT2D eigenvalue weighted by atomic mass is 35.5. The van der Waals surface area contributed by atoms with Crippen LogP contribution in [0.2, 0.25) is 5.28 Å². The number of hydrogen-bond donors (Lipinski definition) is 0. The molecule has 19 heavy (non-hydrogen) atoms. The summed E-state index contributed by atoms with van der Waals surface area (Å²) in [6.45, 7) is 1.18. The van der Waals surface area contributed by atoms with Gasteiger partial charge in [0.15, 0.2) is 0 Å². The third-order valence-electron chi connectivity index (χ3n) is 3.37. The number of hydrogen-bond acceptors (Lipinski definition) is 3. The lowest BCUT2D eigenvalue weighted by molar-refractivity contribution is 0.0724. The van der Waals surface area contributed by atoms with Gasteiger partial charge in [0.05, 0.1) is 17.9 Å². The summed E-state index contributed by atoms with van der Waals surface area (Å²) in [5, 5.41) is 0.470. The molecule has 0 bridgehead atoms. The number of carbonyl (C=O) groups excluding carboxylic acids is 1. The van der Waals surface area contributed by atoms with Gasteiger partial charge in [-0.05, 0) is 23.7 Å². The lowest BCUT2D eigenvalue weighted by Gasteiger charge is -2.26. The molecule has 1 aliphatic rings. The van der Waals surface area contributed by atoms with E-state index in [0.717, 1.165) is 17.8 Å². The van der Waals surface area contributed by atoms with Gasteiger partial charge in [0.2, 0.25) is 5.28 Å². The molecule has 5 nitrogen and oxygen atoms in total. The summed E-state index contributed by atoms with van der Waals surface area (Å²) in [4.78, 5) is 22.5. The van der Waals surface area contributed by atoms with E-state index >= 15 is 0 Å². The minimum Gasteiger partial charge on any atom is -0.331 e. The Kier molecular flexibility index (Phi) is 2.98. The molecule has 0 fully saturated rings. The Morgan fingerprint density at radius 1 is 1.42 bits per heavy atom. The van der Waals surface area contributed by atoms with E-state index in [1.54, 1.807) is 23.2 Å². The standard InChI is InChI=1S/C13H13ClN4O/c1-17-11-8-18(7-5-9(11)16-13(17)14)12(19)10-4-2-3-6-15-10/h2-4,6H,5,7-8H2,1H3. The Morgan fingerprint density at radius 3 is 3.00 bits per heavy atom. The molecule has 0 saturated carbocycles. The molecular formula is C13H13ClN4O. The summed E-state index contributed by atoms with van der Waals surface area (Å²) < 4.78 is 1.83. The number of nitrogens with zero attached hydrogens (tertiary/aromatic N) is 4. The zero-order valence-electron chi connectivity index (χ0n) is 10.5. The fourth-order valence-electron chi connectivity index (χ4n) is 2.28. The second-order valence-corrected chi connectivity index (χ2v) is 4.86. The first kappa shape index (κ1) is 12.2. The van der Waals surface area contributed by atoms with E-state index in [2.05, 4.69) is 9.97 Å². The van der Waals surface area contributed by atoms with Crippen LogP contribution in [0, 0.1) is 0 Å². The third-order valence-corrected chi connectivity index (χ3v) is 3.71. The lowest BCUT2D eigenvalue weighted by Crippen LogP contribution is -2.37. The largest absolute Gasteiger partial charge is 0.331 e. The molecule has 1 aliphatic heterocycles. The van der Waals surface area contributed by atoms with Crippen LogP contribution in [0.3, 0.4) is 0 Å². The number of halogens is 1. The molecule has 1 amide bonds. The van der Waals surface area contributed by atoms with E-state index in [9.17, 15) is 4.79 Å². The van der Waals surface area contributed by atoms with E-state index in [1.165, 1.54) is 0 Å². The molecule has 2 aromatic heterocycles. The number of fused-ring (bicyclic) bond motifs is 1. The van der Waals surface area contributed by atoms with Gasteiger partial charge in [-0.15, -0.1) is 0 Å². The van der Waals surface area contributed by atoms with Gasteiger partial charge in [0.25, 0.3) is 5.91 Å². The average Bonchev–Trinajstić information content (AvgIpc) is 2.74. The summed E-state index contributed by atoms with van der Waals surface area (Å²) in [5.74, 6) is -0.0522. The average molecular weight is 277 g/mol. The second kappa shape index (κ2) is 4.66. The van der Waals surface area contributed by atoms with Crippen molar-refractivity contribution in [1.29, 1.82) is 0 Å². The van der Waals surface area contributed by atoms with E-state index in [-0.39, 0.29) is 5.91 Å². The van der Waals surface area contributed by atoms with E-state index in [0.29, 0.717) is 24.1 Å². The fraction of sp³-hybridized carbons (Fsp3) is 0.308. The number of imidazole rings is 1. The quantitative estimate of drug-likeness (QED) is 0.796. The van der Waals surface area contributed by atoms with Crippen molar-refractivity contribution in [2.24, 2.45) is 7.05 Å². The Balaban J connectivity index is 1.86. The van der Waals surface area contributed by atoms with Crippen LogP contribution in [0.4, 0.5) is 0 Å². The predicted molar refractivity (Wildman–Crippen MR) is 70.9 cm³/mol. The van der Waals surface area contributed by atoms with E-state index in [1.807, 2.05) is 17.7 Å². The molecule has 0 unspecified atom stereocenters. The molecule has 3 rings (SSSR count). The zero-order valence-corrected chi connectivity index (χ0v) is 11.3. The van der Waals surface area contributed by atoms with Gasteiger partial charge >= 0.3 is 0 Å². The minimum atomic E-state index is -0.0522. The highest BCUT2D eigenvalue weighted by Crippen LogP contribution is 2.22. The second-order valence-electron chi connectivity index (χ2n) is 4.52. The van der Waals surface area contributed by atoms with Crippen molar-refractivity contribution in [1.82, 2.24) is 19.4 Å². The molecule has 0 radical (unpaired) electrons. The van der Waals surface area contributed by atoms with E-state index in [4.69, 9.17) is 11.6 Å². The summed E-state index contributed by atoms with van der Waals surface area (Å²) >= 11 is 6.00. The first-order valence-corrected chi connectivity index (χ1v) is 6.45. The first-order valence-electron chi connectivity index (χ1n) is 6.07. The van der Waals surface area contributed by atoms with Gasteiger partial charge in [-0.1, -0.05) is 6.07 Å². The summed E-state index contributed by atoms with van der Waals surface area (Å²) in [5.41, 5.74) is 2.46. The Hall–Kier alpha value is -1.88. The van der Waals surface area contributed by atoms with Crippen molar-refractivity contribution in [3.05, 3.63) is 46.8 Å². The number of aromatic nitrogens is 3. The van der Waals surface area contributed by atoms with Crippen molar-refractivity contribution in [3.8, 4) is 0 Å². The maximum Gasteiger partial charge on any atom is 0.272 e. The van der Waals surface area contributed by atoms with Gasteiger partial charge in [-0.2, -0.15) is 0 Å².